The second-order valence-corrected chi connectivity index (χ2v) is 5.99. The molecule has 1 aromatic rings. The number of thiocarbonyl (C=S) groups is 1. The quantitative estimate of drug-likeness (QED) is 0.814. The highest BCUT2D eigenvalue weighted by molar-refractivity contribution is 7.80. The van der Waals surface area contributed by atoms with E-state index in [1.54, 1.807) is 36.1 Å². The number of piperidine rings is 1. The molecule has 3 N–H and O–H groups in total. The van der Waals surface area contributed by atoms with E-state index >= 15 is 0 Å². The number of nitrogens with two attached hydrogens (primary N) is 1. The number of likely N-dealkylation sites (tertiary alicyclic amines) is 1. The number of aliphatic hydroxyl groups is 1. The number of nitrogens with zero attached hydrogens (tertiary/aromatic N) is 1. The Labute approximate surface area is 129 Å². The maximum Gasteiger partial charge on any atom is 0.260 e. The van der Waals surface area contributed by atoms with Crippen LogP contribution in [0.5, 0.6) is 5.75 Å². The van der Waals surface area contributed by atoms with Gasteiger partial charge in [0.05, 0.1) is 5.60 Å². The molecule has 0 radical (unpaired) electrons. The molecule has 1 aliphatic rings. The zero-order chi connectivity index (χ0) is 15.5. The van der Waals surface area contributed by atoms with Crippen molar-refractivity contribution in [2.45, 2.75) is 25.4 Å². The molecule has 114 valence electrons. The molecule has 0 atom stereocenters. The standard InChI is InChI=1S/C15H20N2O3S/c1-15(19)6-8-17(9-7-15)13(18)10-20-12-4-2-11(3-5-12)14(16)21/h2-5,19H,6-10H2,1H3,(H2,16,21). The number of carbonyl (C=O) groups excluding carboxylic acids is 1. The third kappa shape index (κ3) is 4.41. The van der Waals surface area contributed by atoms with Crippen LogP contribution in [0.4, 0.5) is 0 Å². The highest BCUT2D eigenvalue weighted by atomic mass is 32.1. The molecule has 2 rings (SSSR count). The molecule has 0 unspecified atom stereocenters. The van der Waals surface area contributed by atoms with Gasteiger partial charge in [-0.15, -0.1) is 0 Å². The van der Waals surface area contributed by atoms with E-state index in [1.807, 2.05) is 0 Å². The van der Waals surface area contributed by atoms with Gasteiger partial charge in [0.2, 0.25) is 0 Å². The SMILES string of the molecule is CC1(O)CCN(C(=O)COc2ccc(C(N)=S)cc2)CC1. The van der Waals surface area contributed by atoms with E-state index in [2.05, 4.69) is 0 Å². The Morgan fingerprint density at radius 3 is 2.48 bits per heavy atom. The van der Waals surface area contributed by atoms with Gasteiger partial charge in [-0.3, -0.25) is 4.79 Å². The van der Waals surface area contributed by atoms with E-state index in [0.29, 0.717) is 36.7 Å². The summed E-state index contributed by atoms with van der Waals surface area (Å²) in [5.41, 5.74) is 5.62. The van der Waals surface area contributed by atoms with Crippen molar-refractivity contribution in [3.05, 3.63) is 29.8 Å². The summed E-state index contributed by atoms with van der Waals surface area (Å²) in [5.74, 6) is 0.538. The maximum absolute atomic E-state index is 12.0. The summed E-state index contributed by atoms with van der Waals surface area (Å²) in [6.07, 6.45) is 1.20. The Balaban J connectivity index is 1.82. The highest BCUT2D eigenvalue weighted by Crippen LogP contribution is 2.21. The van der Waals surface area contributed by atoms with Crippen LogP contribution in [0, 0.1) is 0 Å². The van der Waals surface area contributed by atoms with Crippen LogP contribution in [0.3, 0.4) is 0 Å². The summed E-state index contributed by atoms with van der Waals surface area (Å²) in [7, 11) is 0. The molecular formula is C15H20N2O3S. The van der Waals surface area contributed by atoms with E-state index in [1.165, 1.54) is 0 Å². The second kappa shape index (κ2) is 6.41. The first-order valence-electron chi connectivity index (χ1n) is 6.90. The first kappa shape index (κ1) is 15.7. The van der Waals surface area contributed by atoms with E-state index in [0.717, 1.165) is 5.56 Å². The normalized spacial score (nSPS) is 17.3. The maximum atomic E-state index is 12.0. The minimum Gasteiger partial charge on any atom is -0.484 e. The van der Waals surface area contributed by atoms with Crippen LogP contribution < -0.4 is 10.5 Å². The lowest BCUT2D eigenvalue weighted by Gasteiger charge is -2.35. The van der Waals surface area contributed by atoms with Gasteiger partial charge in [0.1, 0.15) is 10.7 Å². The minimum atomic E-state index is -0.659. The van der Waals surface area contributed by atoms with Crippen molar-refractivity contribution < 1.29 is 14.6 Å². The van der Waals surface area contributed by atoms with Crippen molar-refractivity contribution in [1.82, 2.24) is 4.90 Å². The average molecular weight is 308 g/mol. The fraction of sp³-hybridized carbons (Fsp3) is 0.467. The molecule has 0 saturated carbocycles. The molecular weight excluding hydrogens is 288 g/mol. The van der Waals surface area contributed by atoms with Crippen LogP contribution in [0.1, 0.15) is 25.3 Å². The van der Waals surface area contributed by atoms with Crippen LogP contribution in [0.2, 0.25) is 0 Å². The van der Waals surface area contributed by atoms with Crippen molar-refractivity contribution in [1.29, 1.82) is 0 Å². The Bertz CT molecular complexity index is 518. The Morgan fingerprint density at radius 2 is 1.95 bits per heavy atom. The number of ether oxygens (including phenoxy) is 1. The topological polar surface area (TPSA) is 75.8 Å². The third-order valence-corrected chi connectivity index (χ3v) is 3.93. The van der Waals surface area contributed by atoms with E-state index in [-0.39, 0.29) is 12.5 Å². The summed E-state index contributed by atoms with van der Waals surface area (Å²) < 4.78 is 5.47. The van der Waals surface area contributed by atoms with Crippen LogP contribution in [0.25, 0.3) is 0 Å². The van der Waals surface area contributed by atoms with Crippen molar-refractivity contribution in [2.75, 3.05) is 19.7 Å². The van der Waals surface area contributed by atoms with Gasteiger partial charge in [-0.25, -0.2) is 0 Å². The molecule has 5 nitrogen and oxygen atoms in total. The first-order valence-corrected chi connectivity index (χ1v) is 7.31. The summed E-state index contributed by atoms with van der Waals surface area (Å²) in [6.45, 7) is 2.93. The van der Waals surface area contributed by atoms with Crippen LogP contribution in [-0.4, -0.2) is 46.2 Å². The number of amides is 1. The molecule has 1 saturated heterocycles. The Kier molecular flexibility index (Phi) is 4.80. The van der Waals surface area contributed by atoms with Crippen molar-refractivity contribution in [2.24, 2.45) is 5.73 Å². The van der Waals surface area contributed by atoms with Gasteiger partial charge in [0.25, 0.3) is 5.91 Å². The molecule has 0 spiro atoms. The average Bonchev–Trinajstić information content (AvgIpc) is 2.45. The fourth-order valence-electron chi connectivity index (χ4n) is 2.19. The predicted molar refractivity (Wildman–Crippen MR) is 84.3 cm³/mol. The zero-order valence-corrected chi connectivity index (χ0v) is 12.9. The molecule has 6 heteroatoms. The van der Waals surface area contributed by atoms with Gasteiger partial charge in [0.15, 0.2) is 6.61 Å². The van der Waals surface area contributed by atoms with Crippen molar-refractivity contribution in [3.63, 3.8) is 0 Å². The van der Waals surface area contributed by atoms with Gasteiger partial charge in [-0.2, -0.15) is 0 Å². The molecule has 1 aromatic carbocycles. The van der Waals surface area contributed by atoms with Gasteiger partial charge in [-0.05, 0) is 44.0 Å². The Hall–Kier alpha value is -1.66. The molecule has 0 bridgehead atoms. The largest absolute Gasteiger partial charge is 0.484 e. The van der Waals surface area contributed by atoms with Crippen LogP contribution in [0.15, 0.2) is 24.3 Å². The molecule has 0 aliphatic carbocycles. The number of carbonyl (C=O) groups is 1. The van der Waals surface area contributed by atoms with Crippen molar-refractivity contribution >= 4 is 23.1 Å². The molecule has 0 aromatic heterocycles. The lowest BCUT2D eigenvalue weighted by atomic mass is 9.94. The smallest absolute Gasteiger partial charge is 0.260 e. The van der Waals surface area contributed by atoms with Crippen LogP contribution >= 0.6 is 12.2 Å². The van der Waals surface area contributed by atoms with Crippen LogP contribution in [-0.2, 0) is 4.79 Å². The second-order valence-electron chi connectivity index (χ2n) is 5.56. The van der Waals surface area contributed by atoms with E-state index in [9.17, 15) is 9.90 Å². The zero-order valence-electron chi connectivity index (χ0n) is 12.0. The predicted octanol–water partition coefficient (Wildman–Crippen LogP) is 1.07. The molecule has 21 heavy (non-hydrogen) atoms. The fourth-order valence-corrected chi connectivity index (χ4v) is 2.33. The number of hydrogen-bond donors (Lipinski definition) is 2. The molecule has 1 fully saturated rings. The Morgan fingerprint density at radius 1 is 1.38 bits per heavy atom. The highest BCUT2D eigenvalue weighted by Gasteiger charge is 2.29. The molecule has 1 aliphatic heterocycles. The molecule has 1 heterocycles. The summed E-state index contributed by atoms with van der Waals surface area (Å²) >= 11 is 4.87. The van der Waals surface area contributed by atoms with Gasteiger partial charge >= 0.3 is 0 Å². The first-order chi connectivity index (χ1) is 9.87. The van der Waals surface area contributed by atoms with Gasteiger partial charge in [0, 0.05) is 18.7 Å². The summed E-state index contributed by atoms with van der Waals surface area (Å²) in [4.78, 5) is 14.1. The lowest BCUT2D eigenvalue weighted by molar-refractivity contribution is -0.137. The van der Waals surface area contributed by atoms with E-state index < -0.39 is 5.60 Å². The summed E-state index contributed by atoms with van der Waals surface area (Å²) in [5, 5.41) is 9.86. The van der Waals surface area contributed by atoms with E-state index in [4.69, 9.17) is 22.7 Å². The monoisotopic (exact) mass is 308 g/mol. The lowest BCUT2D eigenvalue weighted by Crippen LogP contribution is -2.46. The van der Waals surface area contributed by atoms with Gasteiger partial charge < -0.3 is 20.5 Å². The minimum absolute atomic E-state index is 0.00540. The molecule has 1 amide bonds. The van der Waals surface area contributed by atoms with Gasteiger partial charge in [-0.1, -0.05) is 12.2 Å². The number of hydrogen-bond acceptors (Lipinski definition) is 4. The van der Waals surface area contributed by atoms with Crippen molar-refractivity contribution in [3.8, 4) is 5.75 Å². The number of benzene rings is 1. The summed E-state index contributed by atoms with van der Waals surface area (Å²) in [6, 6.07) is 7.01. The number of rotatable bonds is 4. The third-order valence-electron chi connectivity index (χ3n) is 3.69.